The molecule has 2 aromatic carbocycles. The minimum Gasteiger partial charge on any atom is -0.387 e. The minimum atomic E-state index is -0.952. The maximum absolute atomic E-state index is 12.7. The number of Topliss-reactive ketones (excluding diaryl/α,β-unsaturated/α-hetero) is 1. The third kappa shape index (κ3) is 2.87. The first-order valence-corrected chi connectivity index (χ1v) is 8.97. The van der Waals surface area contributed by atoms with Gasteiger partial charge in [-0.05, 0) is 29.8 Å². The van der Waals surface area contributed by atoms with Crippen molar-refractivity contribution in [2.24, 2.45) is 5.92 Å². The van der Waals surface area contributed by atoms with E-state index in [1.165, 1.54) is 24.3 Å². The van der Waals surface area contributed by atoms with Crippen LogP contribution in [0.25, 0.3) is 0 Å². The Kier molecular flexibility index (Phi) is 4.19. The number of hydrogen-bond acceptors (Lipinski definition) is 4. The Labute approximate surface area is 136 Å². The van der Waals surface area contributed by atoms with Crippen molar-refractivity contribution < 1.29 is 14.8 Å². The summed E-state index contributed by atoms with van der Waals surface area (Å²) in [6.45, 7) is 0. The maximum atomic E-state index is 12.7. The number of carbonyl (C=O) groups is 1. The van der Waals surface area contributed by atoms with Crippen molar-refractivity contribution >= 4 is 22.4 Å². The first-order chi connectivity index (χ1) is 11.0. The van der Waals surface area contributed by atoms with Crippen LogP contribution < -0.4 is 0 Å². The van der Waals surface area contributed by atoms with Crippen LogP contribution in [0.5, 0.6) is 0 Å². The molecule has 0 radical (unpaired) electrons. The first-order valence-electron chi connectivity index (χ1n) is 7.17. The Hall–Kier alpha value is -2.18. The van der Waals surface area contributed by atoms with E-state index in [1.54, 1.807) is 6.07 Å². The Bertz CT molecular complexity index is 759. The molecule has 1 aliphatic heterocycles. The van der Waals surface area contributed by atoms with Gasteiger partial charge in [0.15, 0.2) is 10.7 Å². The van der Waals surface area contributed by atoms with Gasteiger partial charge in [-0.25, -0.2) is 0 Å². The molecule has 5 nitrogen and oxygen atoms in total. The molecule has 0 aliphatic carbocycles. The second-order valence-electron chi connectivity index (χ2n) is 5.56. The van der Waals surface area contributed by atoms with E-state index in [0.717, 1.165) is 4.90 Å². The molecule has 0 aromatic heterocycles. The predicted molar refractivity (Wildman–Crippen MR) is 88.7 cm³/mol. The Balaban J connectivity index is 1.90. The van der Waals surface area contributed by atoms with E-state index in [4.69, 9.17) is 0 Å². The van der Waals surface area contributed by atoms with Crippen LogP contribution in [0, 0.1) is 16.0 Å². The molecule has 2 aromatic rings. The molecule has 0 spiro atoms. The second-order valence-corrected chi connectivity index (χ2v) is 7.61. The fraction of sp³-hybridized carbons (Fsp3) is 0.235. The largest absolute Gasteiger partial charge is 0.387 e. The first kappa shape index (κ1) is 15.7. The molecule has 3 rings (SSSR count). The van der Waals surface area contributed by atoms with Crippen LogP contribution in [0.15, 0.2) is 53.4 Å². The lowest BCUT2D eigenvalue weighted by Crippen LogP contribution is -2.35. The van der Waals surface area contributed by atoms with E-state index in [2.05, 4.69) is 6.26 Å². The molecular weight excluding hydrogens is 314 g/mol. The molecule has 1 heterocycles. The molecule has 0 fully saturated rings. The minimum absolute atomic E-state index is 0.0310. The van der Waals surface area contributed by atoms with Gasteiger partial charge in [0.1, 0.15) is 12.0 Å². The molecular formula is C17H16NO4S+. The number of carbonyl (C=O) groups excluding carboxylic acids is 1. The number of ketones is 1. The lowest BCUT2D eigenvalue weighted by atomic mass is 9.89. The van der Waals surface area contributed by atoms with Crippen LogP contribution in [0.2, 0.25) is 0 Å². The standard InChI is InChI=1S/C17H16NO4S/c1-23-10-14(17(20)13-4-2-3-5-15(13)23)16(19)11-6-8-12(9-7-11)18(21)22/h2-9,14,16,19H,10H2,1H3/q+1. The molecule has 118 valence electrons. The van der Waals surface area contributed by atoms with E-state index in [0.29, 0.717) is 16.9 Å². The highest BCUT2D eigenvalue weighted by Crippen LogP contribution is 2.35. The molecule has 6 heteroatoms. The summed E-state index contributed by atoms with van der Waals surface area (Å²) in [4.78, 5) is 24.0. The number of aliphatic hydroxyl groups is 1. The third-order valence-corrected chi connectivity index (χ3v) is 6.09. The number of aliphatic hydroxyl groups excluding tert-OH is 1. The summed E-state index contributed by atoms with van der Waals surface area (Å²) in [5, 5.41) is 21.3. The molecule has 0 saturated carbocycles. The number of non-ortho nitro benzene ring substituents is 1. The van der Waals surface area contributed by atoms with Gasteiger partial charge in [0.25, 0.3) is 5.69 Å². The molecule has 3 atom stereocenters. The van der Waals surface area contributed by atoms with Crippen molar-refractivity contribution in [2.75, 3.05) is 12.0 Å². The van der Waals surface area contributed by atoms with E-state index in [9.17, 15) is 20.0 Å². The van der Waals surface area contributed by atoms with Gasteiger partial charge in [0.2, 0.25) is 0 Å². The summed E-state index contributed by atoms with van der Waals surface area (Å²) in [5.74, 6) is 0.0188. The topological polar surface area (TPSA) is 80.4 Å². The van der Waals surface area contributed by atoms with Gasteiger partial charge >= 0.3 is 0 Å². The van der Waals surface area contributed by atoms with Crippen LogP contribution in [0.3, 0.4) is 0 Å². The van der Waals surface area contributed by atoms with Crippen molar-refractivity contribution in [1.29, 1.82) is 0 Å². The van der Waals surface area contributed by atoms with E-state index in [1.807, 2.05) is 18.2 Å². The van der Waals surface area contributed by atoms with Gasteiger partial charge < -0.3 is 5.11 Å². The lowest BCUT2D eigenvalue weighted by Gasteiger charge is -2.25. The maximum Gasteiger partial charge on any atom is 0.269 e. The van der Waals surface area contributed by atoms with Gasteiger partial charge in [-0.1, -0.05) is 12.1 Å². The Morgan fingerprint density at radius 1 is 1.22 bits per heavy atom. The summed E-state index contributed by atoms with van der Waals surface area (Å²) >= 11 is 0. The van der Waals surface area contributed by atoms with Crippen molar-refractivity contribution in [3.8, 4) is 0 Å². The number of nitro groups is 1. The van der Waals surface area contributed by atoms with Crippen LogP contribution in [0.1, 0.15) is 22.0 Å². The van der Waals surface area contributed by atoms with Gasteiger partial charge in [-0.3, -0.25) is 14.9 Å². The highest BCUT2D eigenvalue weighted by molar-refractivity contribution is 7.96. The average Bonchev–Trinajstić information content (AvgIpc) is 2.57. The van der Waals surface area contributed by atoms with Crippen molar-refractivity contribution in [2.45, 2.75) is 11.0 Å². The summed E-state index contributed by atoms with van der Waals surface area (Å²) in [6.07, 6.45) is 1.12. The fourth-order valence-electron chi connectivity index (χ4n) is 2.87. The number of rotatable bonds is 3. The van der Waals surface area contributed by atoms with Crippen molar-refractivity contribution in [1.82, 2.24) is 0 Å². The smallest absolute Gasteiger partial charge is 0.269 e. The third-order valence-electron chi connectivity index (χ3n) is 4.12. The molecule has 0 saturated heterocycles. The summed E-state index contributed by atoms with van der Waals surface area (Å²) in [5.41, 5.74) is 1.18. The van der Waals surface area contributed by atoms with Crippen LogP contribution in [-0.4, -0.2) is 27.8 Å². The Morgan fingerprint density at radius 2 is 1.87 bits per heavy atom. The van der Waals surface area contributed by atoms with E-state index in [-0.39, 0.29) is 22.4 Å². The molecule has 1 aliphatic rings. The van der Waals surface area contributed by atoms with Crippen LogP contribution in [0.4, 0.5) is 5.69 Å². The van der Waals surface area contributed by atoms with Crippen molar-refractivity contribution in [3.05, 3.63) is 69.8 Å². The highest BCUT2D eigenvalue weighted by Gasteiger charge is 2.42. The summed E-state index contributed by atoms with van der Waals surface area (Å²) < 4.78 is 0. The highest BCUT2D eigenvalue weighted by atomic mass is 32.2. The quantitative estimate of drug-likeness (QED) is 0.533. The number of nitrogens with zero attached hydrogens (tertiary/aromatic N) is 1. The fourth-order valence-corrected chi connectivity index (χ4v) is 4.78. The molecule has 0 amide bonds. The zero-order chi connectivity index (χ0) is 16.6. The molecule has 0 bridgehead atoms. The average molecular weight is 330 g/mol. The second kappa shape index (κ2) is 6.14. The zero-order valence-corrected chi connectivity index (χ0v) is 13.3. The summed E-state index contributed by atoms with van der Waals surface area (Å²) in [6, 6.07) is 13.3. The summed E-state index contributed by atoms with van der Waals surface area (Å²) in [7, 11) is -0.111. The number of nitro benzene ring substituents is 1. The lowest BCUT2D eigenvalue weighted by molar-refractivity contribution is -0.384. The van der Waals surface area contributed by atoms with E-state index >= 15 is 0 Å². The van der Waals surface area contributed by atoms with Gasteiger partial charge in [0.05, 0.1) is 22.5 Å². The molecule has 1 N–H and O–H groups in total. The van der Waals surface area contributed by atoms with Gasteiger partial charge in [-0.2, -0.15) is 0 Å². The Morgan fingerprint density at radius 3 is 2.52 bits per heavy atom. The SMILES string of the molecule is C[S+]1CC(C(O)c2ccc([N+](=O)[O-])cc2)C(=O)c2ccccc21. The van der Waals surface area contributed by atoms with Gasteiger partial charge in [-0.15, -0.1) is 0 Å². The van der Waals surface area contributed by atoms with Gasteiger partial charge in [0, 0.05) is 23.0 Å². The van der Waals surface area contributed by atoms with E-state index < -0.39 is 16.9 Å². The molecule has 3 unspecified atom stereocenters. The molecule has 23 heavy (non-hydrogen) atoms. The normalized spacial score (nSPS) is 21.6. The van der Waals surface area contributed by atoms with Crippen LogP contribution >= 0.6 is 0 Å². The zero-order valence-electron chi connectivity index (χ0n) is 12.5. The predicted octanol–water partition coefficient (Wildman–Crippen LogP) is 2.75. The number of fused-ring (bicyclic) bond motifs is 1. The number of benzene rings is 2. The van der Waals surface area contributed by atoms with Crippen LogP contribution in [-0.2, 0) is 10.9 Å². The number of hydrogen-bond donors (Lipinski definition) is 1. The van der Waals surface area contributed by atoms with Crippen molar-refractivity contribution in [3.63, 3.8) is 0 Å². The monoisotopic (exact) mass is 330 g/mol.